The molecule has 4 N–H and O–H groups in total. The summed E-state index contributed by atoms with van der Waals surface area (Å²) in [6.45, 7) is 4.30. The van der Waals surface area contributed by atoms with Crippen molar-refractivity contribution in [3.05, 3.63) is 10.4 Å². The second kappa shape index (κ2) is 6.39. The molecule has 0 saturated heterocycles. The van der Waals surface area contributed by atoms with Gasteiger partial charge in [-0.05, 0) is 6.42 Å². The predicted molar refractivity (Wildman–Crippen MR) is 75.5 cm³/mol. The molecule has 1 aromatic heterocycles. The predicted octanol–water partition coefficient (Wildman–Crippen LogP) is 2.10. The minimum atomic E-state index is -0.268. The molecule has 6 heteroatoms. The number of amides is 1. The van der Waals surface area contributed by atoms with Crippen molar-refractivity contribution in [2.24, 2.45) is 0 Å². The van der Waals surface area contributed by atoms with Crippen LogP contribution in [-0.4, -0.2) is 25.3 Å². The van der Waals surface area contributed by atoms with Crippen LogP contribution in [0.2, 0.25) is 0 Å². The van der Waals surface area contributed by atoms with E-state index in [9.17, 15) is 9.59 Å². The standard InChI is InChI=1S/C12H19N3O2S/c1-4-5-6-15-12-8(11(17)14-3)9(13)10(18-12)7(2)16/h15H,4-6,13H2,1-3H3,(H,14,17). The molecule has 100 valence electrons. The molecule has 0 aliphatic heterocycles. The Morgan fingerprint density at radius 3 is 2.56 bits per heavy atom. The van der Waals surface area contributed by atoms with Gasteiger partial charge in [0.2, 0.25) is 0 Å². The van der Waals surface area contributed by atoms with Crippen LogP contribution in [0.15, 0.2) is 0 Å². The molecule has 0 aliphatic carbocycles. The first kappa shape index (κ1) is 14.5. The maximum Gasteiger partial charge on any atom is 0.256 e. The molecule has 18 heavy (non-hydrogen) atoms. The number of hydrogen-bond acceptors (Lipinski definition) is 5. The van der Waals surface area contributed by atoms with Crippen molar-refractivity contribution in [3.63, 3.8) is 0 Å². The summed E-state index contributed by atoms with van der Waals surface area (Å²) in [6.07, 6.45) is 2.06. The summed E-state index contributed by atoms with van der Waals surface area (Å²) >= 11 is 1.24. The lowest BCUT2D eigenvalue weighted by Crippen LogP contribution is -2.20. The highest BCUT2D eigenvalue weighted by molar-refractivity contribution is 7.19. The van der Waals surface area contributed by atoms with Crippen LogP contribution < -0.4 is 16.4 Å². The average Bonchev–Trinajstić information content (AvgIpc) is 2.66. The van der Waals surface area contributed by atoms with E-state index in [4.69, 9.17) is 5.73 Å². The highest BCUT2D eigenvalue weighted by Gasteiger charge is 2.22. The maximum atomic E-state index is 11.8. The van der Waals surface area contributed by atoms with Crippen LogP contribution in [0.3, 0.4) is 0 Å². The summed E-state index contributed by atoms with van der Waals surface area (Å²) in [5.41, 5.74) is 6.52. The Balaban J connectivity index is 3.09. The molecular weight excluding hydrogens is 250 g/mol. The smallest absolute Gasteiger partial charge is 0.256 e. The van der Waals surface area contributed by atoms with Crippen molar-refractivity contribution >= 4 is 33.7 Å². The van der Waals surface area contributed by atoms with Crippen LogP contribution in [0, 0.1) is 0 Å². The van der Waals surface area contributed by atoms with E-state index in [2.05, 4.69) is 17.6 Å². The van der Waals surface area contributed by atoms with Crippen LogP contribution in [0.25, 0.3) is 0 Å². The Hall–Kier alpha value is -1.56. The Morgan fingerprint density at radius 1 is 1.39 bits per heavy atom. The Labute approximate surface area is 111 Å². The molecule has 1 aromatic rings. The van der Waals surface area contributed by atoms with Crippen molar-refractivity contribution in [3.8, 4) is 0 Å². The number of nitrogen functional groups attached to an aromatic ring is 1. The lowest BCUT2D eigenvalue weighted by molar-refractivity contribution is 0.0965. The van der Waals surface area contributed by atoms with Gasteiger partial charge in [-0.2, -0.15) is 0 Å². The van der Waals surface area contributed by atoms with Crippen LogP contribution in [0.1, 0.15) is 46.7 Å². The van der Waals surface area contributed by atoms with E-state index in [1.807, 2.05) is 0 Å². The fraction of sp³-hybridized carbons (Fsp3) is 0.500. The highest BCUT2D eigenvalue weighted by atomic mass is 32.1. The SMILES string of the molecule is CCCCNc1sc(C(C)=O)c(N)c1C(=O)NC. The first-order valence-electron chi connectivity index (χ1n) is 5.92. The van der Waals surface area contributed by atoms with Gasteiger partial charge in [-0.15, -0.1) is 11.3 Å². The number of rotatable bonds is 6. The Morgan fingerprint density at radius 2 is 2.06 bits per heavy atom. The number of carbonyl (C=O) groups excluding carboxylic acids is 2. The minimum absolute atomic E-state index is 0.119. The zero-order valence-corrected chi connectivity index (χ0v) is 11.7. The van der Waals surface area contributed by atoms with Gasteiger partial charge in [0.05, 0.1) is 16.1 Å². The monoisotopic (exact) mass is 269 g/mol. The summed E-state index contributed by atoms with van der Waals surface area (Å²) in [6, 6.07) is 0. The number of unbranched alkanes of at least 4 members (excludes halogenated alkanes) is 1. The molecule has 1 rings (SSSR count). The van der Waals surface area contributed by atoms with E-state index in [0.29, 0.717) is 15.4 Å². The fourth-order valence-corrected chi connectivity index (χ4v) is 2.60. The third-order valence-corrected chi connectivity index (χ3v) is 3.80. The van der Waals surface area contributed by atoms with Gasteiger partial charge in [0.25, 0.3) is 5.91 Å². The molecule has 0 aliphatic rings. The second-order valence-electron chi connectivity index (χ2n) is 3.96. The van der Waals surface area contributed by atoms with Gasteiger partial charge >= 0.3 is 0 Å². The Kier molecular flexibility index (Phi) is 5.15. The van der Waals surface area contributed by atoms with Gasteiger partial charge < -0.3 is 16.4 Å². The van der Waals surface area contributed by atoms with Gasteiger partial charge in [-0.1, -0.05) is 13.3 Å². The number of Topliss-reactive ketones (excluding diaryl/α,β-unsaturated/α-hetero) is 1. The van der Waals surface area contributed by atoms with E-state index < -0.39 is 0 Å². The van der Waals surface area contributed by atoms with Crippen molar-refractivity contribution in [1.82, 2.24) is 5.32 Å². The number of carbonyl (C=O) groups is 2. The van der Waals surface area contributed by atoms with Crippen molar-refractivity contribution in [2.45, 2.75) is 26.7 Å². The molecule has 5 nitrogen and oxygen atoms in total. The molecular formula is C12H19N3O2S. The van der Waals surface area contributed by atoms with E-state index in [0.717, 1.165) is 19.4 Å². The molecule has 0 bridgehead atoms. The molecule has 0 atom stereocenters. The Bertz CT molecular complexity index is 454. The van der Waals surface area contributed by atoms with Gasteiger partial charge in [0.15, 0.2) is 5.78 Å². The zero-order chi connectivity index (χ0) is 13.7. The average molecular weight is 269 g/mol. The second-order valence-corrected chi connectivity index (χ2v) is 4.99. The van der Waals surface area contributed by atoms with Crippen LogP contribution in [0.5, 0.6) is 0 Å². The number of hydrogen-bond donors (Lipinski definition) is 3. The number of thiophene rings is 1. The lowest BCUT2D eigenvalue weighted by Gasteiger charge is -2.06. The first-order valence-corrected chi connectivity index (χ1v) is 6.73. The van der Waals surface area contributed by atoms with Crippen LogP contribution >= 0.6 is 11.3 Å². The topological polar surface area (TPSA) is 84.2 Å². The summed E-state index contributed by atoms with van der Waals surface area (Å²) in [7, 11) is 1.54. The normalized spacial score (nSPS) is 10.2. The van der Waals surface area contributed by atoms with Crippen molar-refractivity contribution in [1.29, 1.82) is 0 Å². The molecule has 0 saturated carbocycles. The molecule has 0 unspecified atom stereocenters. The van der Waals surface area contributed by atoms with E-state index >= 15 is 0 Å². The quantitative estimate of drug-likeness (QED) is 0.545. The number of nitrogens with one attached hydrogen (secondary N) is 2. The number of nitrogens with two attached hydrogens (primary N) is 1. The molecule has 0 fully saturated rings. The maximum absolute atomic E-state index is 11.8. The lowest BCUT2D eigenvalue weighted by atomic mass is 10.2. The largest absolute Gasteiger partial charge is 0.397 e. The van der Waals surface area contributed by atoms with E-state index in [-0.39, 0.29) is 17.4 Å². The fourth-order valence-electron chi connectivity index (χ4n) is 1.56. The molecule has 0 spiro atoms. The van der Waals surface area contributed by atoms with Crippen LogP contribution in [-0.2, 0) is 0 Å². The minimum Gasteiger partial charge on any atom is -0.397 e. The summed E-state index contributed by atoms with van der Waals surface area (Å²) in [4.78, 5) is 23.7. The van der Waals surface area contributed by atoms with Gasteiger partial charge in [-0.3, -0.25) is 9.59 Å². The molecule has 0 radical (unpaired) electrons. The van der Waals surface area contributed by atoms with E-state index in [1.165, 1.54) is 18.3 Å². The molecule has 1 heterocycles. The summed E-state index contributed by atoms with van der Waals surface area (Å²) in [5.74, 6) is -0.388. The summed E-state index contributed by atoms with van der Waals surface area (Å²) < 4.78 is 0. The van der Waals surface area contributed by atoms with Gasteiger partial charge in [0, 0.05) is 20.5 Å². The first-order chi connectivity index (χ1) is 8.52. The van der Waals surface area contributed by atoms with Crippen molar-refractivity contribution < 1.29 is 9.59 Å². The van der Waals surface area contributed by atoms with E-state index in [1.54, 1.807) is 7.05 Å². The highest BCUT2D eigenvalue weighted by Crippen LogP contribution is 2.35. The molecule has 0 aromatic carbocycles. The molecule has 1 amide bonds. The third kappa shape index (κ3) is 3.01. The zero-order valence-electron chi connectivity index (χ0n) is 10.9. The third-order valence-electron chi connectivity index (χ3n) is 2.53. The number of ketones is 1. The summed E-state index contributed by atoms with van der Waals surface area (Å²) in [5, 5.41) is 6.38. The van der Waals surface area contributed by atoms with Gasteiger partial charge in [-0.25, -0.2) is 0 Å². The van der Waals surface area contributed by atoms with Crippen LogP contribution in [0.4, 0.5) is 10.7 Å². The number of anilines is 2. The van der Waals surface area contributed by atoms with Crippen molar-refractivity contribution in [2.75, 3.05) is 24.6 Å². The van der Waals surface area contributed by atoms with Gasteiger partial charge in [0.1, 0.15) is 5.00 Å².